The molecule has 0 saturated heterocycles. The van der Waals surface area contributed by atoms with E-state index in [-0.39, 0.29) is 17.1 Å². The lowest BCUT2D eigenvalue weighted by Crippen LogP contribution is -2.16. The van der Waals surface area contributed by atoms with Gasteiger partial charge in [-0.1, -0.05) is 15.9 Å². The van der Waals surface area contributed by atoms with Crippen LogP contribution in [0.1, 0.15) is 12.0 Å². The van der Waals surface area contributed by atoms with E-state index in [4.69, 9.17) is 15.9 Å². The predicted octanol–water partition coefficient (Wildman–Crippen LogP) is 3.06. The third-order valence-corrected chi connectivity index (χ3v) is 2.37. The van der Waals surface area contributed by atoms with Crippen LogP contribution < -0.4 is 10.5 Å². The number of nitrogens with two attached hydrogens (primary N) is 1. The van der Waals surface area contributed by atoms with E-state index in [0.29, 0.717) is 4.47 Å². The van der Waals surface area contributed by atoms with Gasteiger partial charge in [0.05, 0.1) is 18.6 Å². The number of ether oxygens (including phenoxy) is 1. The van der Waals surface area contributed by atoms with Crippen molar-refractivity contribution in [3.05, 3.63) is 28.2 Å². The van der Waals surface area contributed by atoms with Crippen LogP contribution in [0.5, 0.6) is 5.75 Å². The molecular formula is C10H10BrF3N2O. The molecule has 1 aromatic carbocycles. The van der Waals surface area contributed by atoms with E-state index in [2.05, 4.69) is 15.9 Å². The van der Waals surface area contributed by atoms with Crippen molar-refractivity contribution in [3.8, 4) is 5.75 Å². The number of hydrogen-bond acceptors (Lipinski definition) is 2. The highest BCUT2D eigenvalue weighted by Crippen LogP contribution is 2.25. The van der Waals surface area contributed by atoms with Crippen molar-refractivity contribution in [1.29, 1.82) is 5.41 Å². The van der Waals surface area contributed by atoms with E-state index in [1.807, 2.05) is 0 Å². The van der Waals surface area contributed by atoms with Gasteiger partial charge in [-0.2, -0.15) is 13.2 Å². The van der Waals surface area contributed by atoms with Crippen LogP contribution in [0.15, 0.2) is 22.7 Å². The molecule has 0 amide bonds. The van der Waals surface area contributed by atoms with Gasteiger partial charge in [-0.15, -0.1) is 0 Å². The second-order valence-electron chi connectivity index (χ2n) is 3.27. The van der Waals surface area contributed by atoms with Gasteiger partial charge in [0.2, 0.25) is 0 Å². The second kappa shape index (κ2) is 5.39. The average Bonchev–Trinajstić information content (AvgIpc) is 2.15. The lowest BCUT2D eigenvalue weighted by Gasteiger charge is -2.12. The first kappa shape index (κ1) is 13.8. The Morgan fingerprint density at radius 1 is 1.41 bits per heavy atom. The maximum Gasteiger partial charge on any atom is 0.392 e. The van der Waals surface area contributed by atoms with Crippen molar-refractivity contribution in [2.45, 2.75) is 12.6 Å². The lowest BCUT2D eigenvalue weighted by atomic mass is 10.2. The number of rotatable bonds is 4. The molecule has 17 heavy (non-hydrogen) atoms. The first-order chi connectivity index (χ1) is 7.79. The number of nitrogen functional groups attached to an aromatic ring is 1. The minimum absolute atomic E-state index is 0.163. The van der Waals surface area contributed by atoms with Crippen LogP contribution in [0.2, 0.25) is 0 Å². The van der Waals surface area contributed by atoms with E-state index in [1.165, 1.54) is 12.1 Å². The minimum Gasteiger partial charge on any atom is -0.492 e. The third-order valence-electron chi connectivity index (χ3n) is 1.88. The molecule has 0 radical (unpaired) electrons. The maximum atomic E-state index is 11.9. The van der Waals surface area contributed by atoms with Crippen LogP contribution >= 0.6 is 15.9 Å². The zero-order valence-corrected chi connectivity index (χ0v) is 10.2. The van der Waals surface area contributed by atoms with Crippen molar-refractivity contribution in [2.75, 3.05) is 6.61 Å². The van der Waals surface area contributed by atoms with Crippen LogP contribution in [0.4, 0.5) is 13.2 Å². The molecule has 0 fully saturated rings. The Hall–Kier alpha value is -1.24. The molecule has 0 bridgehead atoms. The quantitative estimate of drug-likeness (QED) is 0.663. The standard InChI is InChI=1S/C10H10BrF3N2O/c11-6-1-2-7(9(15)16)8(5-6)17-4-3-10(12,13)14/h1-2,5H,3-4H2,(H3,15,16). The van der Waals surface area contributed by atoms with Gasteiger partial charge in [0.1, 0.15) is 11.6 Å². The smallest absolute Gasteiger partial charge is 0.392 e. The first-order valence-corrected chi connectivity index (χ1v) is 5.42. The summed E-state index contributed by atoms with van der Waals surface area (Å²) < 4.78 is 41.4. The summed E-state index contributed by atoms with van der Waals surface area (Å²) in [6.07, 6.45) is -5.31. The average molecular weight is 311 g/mol. The topological polar surface area (TPSA) is 59.1 Å². The first-order valence-electron chi connectivity index (χ1n) is 4.63. The molecule has 94 valence electrons. The van der Waals surface area contributed by atoms with E-state index in [1.54, 1.807) is 6.07 Å². The van der Waals surface area contributed by atoms with E-state index < -0.39 is 19.2 Å². The maximum absolute atomic E-state index is 11.9. The Labute approximate surface area is 104 Å². The summed E-state index contributed by atoms with van der Waals surface area (Å²) in [6, 6.07) is 4.62. The molecular weight excluding hydrogens is 301 g/mol. The number of halogens is 4. The summed E-state index contributed by atoms with van der Waals surface area (Å²) in [7, 11) is 0. The monoisotopic (exact) mass is 310 g/mol. The highest BCUT2D eigenvalue weighted by molar-refractivity contribution is 9.10. The summed E-state index contributed by atoms with van der Waals surface area (Å²) in [4.78, 5) is 0. The molecule has 0 spiro atoms. The highest BCUT2D eigenvalue weighted by Gasteiger charge is 2.27. The molecule has 0 atom stereocenters. The van der Waals surface area contributed by atoms with Crippen molar-refractivity contribution in [2.24, 2.45) is 5.73 Å². The molecule has 0 unspecified atom stereocenters. The summed E-state index contributed by atoms with van der Waals surface area (Å²) in [6.45, 7) is -0.500. The fraction of sp³-hybridized carbons (Fsp3) is 0.300. The van der Waals surface area contributed by atoms with Gasteiger partial charge in [-0.3, -0.25) is 5.41 Å². The number of benzene rings is 1. The molecule has 3 N–H and O–H groups in total. The van der Waals surface area contributed by atoms with Crippen molar-refractivity contribution in [1.82, 2.24) is 0 Å². The lowest BCUT2D eigenvalue weighted by molar-refractivity contribution is -0.139. The third kappa shape index (κ3) is 4.64. The summed E-state index contributed by atoms with van der Waals surface area (Å²) in [5.74, 6) is -0.0874. The second-order valence-corrected chi connectivity index (χ2v) is 4.18. The summed E-state index contributed by atoms with van der Waals surface area (Å²) in [5, 5.41) is 7.27. The van der Waals surface area contributed by atoms with Gasteiger partial charge < -0.3 is 10.5 Å². The van der Waals surface area contributed by atoms with Crippen molar-refractivity contribution >= 4 is 21.8 Å². The zero-order valence-electron chi connectivity index (χ0n) is 8.64. The molecule has 0 heterocycles. The van der Waals surface area contributed by atoms with Crippen molar-refractivity contribution < 1.29 is 17.9 Å². The van der Waals surface area contributed by atoms with Crippen LogP contribution in [-0.2, 0) is 0 Å². The molecule has 0 saturated carbocycles. The van der Waals surface area contributed by atoms with Gasteiger partial charge in [-0.25, -0.2) is 0 Å². The fourth-order valence-electron chi connectivity index (χ4n) is 1.11. The van der Waals surface area contributed by atoms with E-state index in [9.17, 15) is 13.2 Å². The van der Waals surface area contributed by atoms with Gasteiger partial charge in [0.25, 0.3) is 0 Å². The van der Waals surface area contributed by atoms with Crippen LogP contribution in [0.3, 0.4) is 0 Å². The minimum atomic E-state index is -4.26. The van der Waals surface area contributed by atoms with Crippen LogP contribution in [0, 0.1) is 5.41 Å². The van der Waals surface area contributed by atoms with Gasteiger partial charge in [-0.05, 0) is 18.2 Å². The summed E-state index contributed by atoms with van der Waals surface area (Å²) in [5.41, 5.74) is 5.56. The van der Waals surface area contributed by atoms with Crippen LogP contribution in [-0.4, -0.2) is 18.6 Å². The predicted molar refractivity (Wildman–Crippen MR) is 61.3 cm³/mol. The molecule has 0 aliphatic carbocycles. The molecule has 0 aliphatic rings. The van der Waals surface area contributed by atoms with Gasteiger partial charge in [0, 0.05) is 4.47 Å². The van der Waals surface area contributed by atoms with E-state index >= 15 is 0 Å². The molecule has 1 aromatic rings. The van der Waals surface area contributed by atoms with Crippen molar-refractivity contribution in [3.63, 3.8) is 0 Å². The Balaban J connectivity index is 2.75. The normalized spacial score (nSPS) is 11.3. The van der Waals surface area contributed by atoms with E-state index in [0.717, 1.165) is 0 Å². The number of amidine groups is 1. The summed E-state index contributed by atoms with van der Waals surface area (Å²) >= 11 is 3.16. The molecule has 0 aliphatic heterocycles. The van der Waals surface area contributed by atoms with Crippen LogP contribution in [0.25, 0.3) is 0 Å². The number of alkyl halides is 3. The zero-order chi connectivity index (χ0) is 13.1. The molecule has 0 aromatic heterocycles. The highest BCUT2D eigenvalue weighted by atomic mass is 79.9. The largest absolute Gasteiger partial charge is 0.492 e. The number of hydrogen-bond donors (Lipinski definition) is 2. The van der Waals surface area contributed by atoms with Gasteiger partial charge >= 0.3 is 6.18 Å². The molecule has 3 nitrogen and oxygen atoms in total. The number of nitrogens with one attached hydrogen (secondary N) is 1. The fourth-order valence-corrected chi connectivity index (χ4v) is 1.45. The Kier molecular flexibility index (Phi) is 4.39. The molecule has 7 heteroatoms. The molecule has 1 rings (SSSR count). The Morgan fingerprint density at radius 2 is 2.06 bits per heavy atom. The Morgan fingerprint density at radius 3 is 2.59 bits per heavy atom. The van der Waals surface area contributed by atoms with Gasteiger partial charge in [0.15, 0.2) is 0 Å². The SMILES string of the molecule is N=C(N)c1ccc(Br)cc1OCCC(F)(F)F. The Bertz CT molecular complexity index is 421.